The predicted octanol–water partition coefficient (Wildman–Crippen LogP) is 1.00. The molecule has 5 nitrogen and oxygen atoms in total. The molecule has 0 unspecified atom stereocenters. The summed E-state index contributed by atoms with van der Waals surface area (Å²) >= 11 is 0. The summed E-state index contributed by atoms with van der Waals surface area (Å²) < 4.78 is 0. The lowest BCUT2D eigenvalue weighted by Crippen LogP contribution is -2.24. The molecule has 1 N–H and O–H groups in total. The molecule has 0 amide bonds. The van der Waals surface area contributed by atoms with Crippen LogP contribution in [0.3, 0.4) is 0 Å². The third-order valence-corrected chi connectivity index (χ3v) is 3.15. The summed E-state index contributed by atoms with van der Waals surface area (Å²) in [5, 5.41) is 8.94. The van der Waals surface area contributed by atoms with Crippen LogP contribution in [0, 0.1) is 19.8 Å². The minimum absolute atomic E-state index is 0.269. The van der Waals surface area contributed by atoms with Gasteiger partial charge in [0.1, 0.15) is 12.1 Å². The fraction of sp³-hybridized carbons (Fsp3) is 0.545. The Kier molecular flexibility index (Phi) is 2.77. The number of hydrogen-bond donors (Lipinski definition) is 1. The van der Waals surface area contributed by atoms with Crippen LogP contribution in [0.25, 0.3) is 0 Å². The van der Waals surface area contributed by atoms with Crippen LogP contribution < -0.4 is 4.90 Å². The average Bonchev–Trinajstić information content (AvgIpc) is 2.71. The fourth-order valence-corrected chi connectivity index (χ4v) is 2.00. The van der Waals surface area contributed by atoms with Gasteiger partial charge in [-0.15, -0.1) is 0 Å². The highest BCUT2D eigenvalue weighted by Gasteiger charge is 2.29. The van der Waals surface area contributed by atoms with Crippen molar-refractivity contribution in [1.82, 2.24) is 9.97 Å². The number of carbonyl (C=O) groups is 1. The molecule has 1 aromatic rings. The van der Waals surface area contributed by atoms with Crippen molar-refractivity contribution < 1.29 is 9.90 Å². The van der Waals surface area contributed by atoms with Gasteiger partial charge < -0.3 is 10.0 Å². The van der Waals surface area contributed by atoms with Crippen LogP contribution in [0.1, 0.15) is 17.7 Å². The lowest BCUT2D eigenvalue weighted by molar-refractivity contribution is -0.140. The molecular formula is C11H15N3O2. The summed E-state index contributed by atoms with van der Waals surface area (Å²) in [6.45, 7) is 5.21. The van der Waals surface area contributed by atoms with Crippen LogP contribution in [0.2, 0.25) is 0 Å². The number of rotatable bonds is 2. The second kappa shape index (κ2) is 4.08. The molecule has 2 heterocycles. The van der Waals surface area contributed by atoms with Crippen molar-refractivity contribution in [1.29, 1.82) is 0 Å². The lowest BCUT2D eigenvalue weighted by Gasteiger charge is -2.19. The van der Waals surface area contributed by atoms with E-state index in [9.17, 15) is 4.79 Å². The van der Waals surface area contributed by atoms with Crippen LogP contribution in [-0.4, -0.2) is 34.1 Å². The van der Waals surface area contributed by atoms with E-state index in [0.717, 1.165) is 23.6 Å². The van der Waals surface area contributed by atoms with Gasteiger partial charge in [-0.2, -0.15) is 0 Å². The Labute approximate surface area is 94.1 Å². The molecule has 0 bridgehead atoms. The maximum atomic E-state index is 10.9. The van der Waals surface area contributed by atoms with Crippen molar-refractivity contribution in [2.45, 2.75) is 20.3 Å². The largest absolute Gasteiger partial charge is 0.481 e. The quantitative estimate of drug-likeness (QED) is 0.807. The van der Waals surface area contributed by atoms with Crippen molar-refractivity contribution in [3.63, 3.8) is 0 Å². The zero-order valence-electron chi connectivity index (χ0n) is 9.47. The maximum absolute atomic E-state index is 10.9. The summed E-state index contributed by atoms with van der Waals surface area (Å²) in [5.74, 6) is -0.114. The predicted molar refractivity (Wildman–Crippen MR) is 59.5 cm³/mol. The SMILES string of the molecule is Cc1ncnc(N2CC[C@H](C(=O)O)C2)c1C. The first-order valence-electron chi connectivity index (χ1n) is 5.35. The minimum atomic E-state index is -0.717. The van der Waals surface area contributed by atoms with Crippen molar-refractivity contribution in [3.05, 3.63) is 17.6 Å². The van der Waals surface area contributed by atoms with Crippen LogP contribution in [0.4, 0.5) is 5.82 Å². The minimum Gasteiger partial charge on any atom is -0.481 e. The number of nitrogens with zero attached hydrogens (tertiary/aromatic N) is 3. The monoisotopic (exact) mass is 221 g/mol. The first-order chi connectivity index (χ1) is 7.59. The van der Waals surface area contributed by atoms with E-state index in [-0.39, 0.29) is 5.92 Å². The van der Waals surface area contributed by atoms with Crippen LogP contribution >= 0.6 is 0 Å². The first-order valence-corrected chi connectivity index (χ1v) is 5.35. The van der Waals surface area contributed by atoms with Crippen LogP contribution in [0.15, 0.2) is 6.33 Å². The maximum Gasteiger partial charge on any atom is 0.308 e. The lowest BCUT2D eigenvalue weighted by atomic mass is 10.1. The summed E-state index contributed by atoms with van der Waals surface area (Å²) in [6.07, 6.45) is 2.23. The average molecular weight is 221 g/mol. The summed E-state index contributed by atoms with van der Waals surface area (Å²) in [4.78, 5) is 21.2. The molecule has 1 atom stereocenters. The second-order valence-electron chi connectivity index (χ2n) is 4.18. The molecule has 2 rings (SSSR count). The van der Waals surface area contributed by atoms with E-state index in [1.54, 1.807) is 0 Å². The number of anilines is 1. The van der Waals surface area contributed by atoms with E-state index in [2.05, 4.69) is 9.97 Å². The number of carboxylic acids is 1. The molecule has 0 saturated carbocycles. The molecule has 5 heteroatoms. The number of carboxylic acid groups (broad SMARTS) is 1. The van der Waals surface area contributed by atoms with E-state index in [4.69, 9.17) is 5.11 Å². The molecule has 1 aliphatic heterocycles. The Hall–Kier alpha value is -1.65. The topological polar surface area (TPSA) is 66.3 Å². The van der Waals surface area contributed by atoms with Gasteiger partial charge in [-0.3, -0.25) is 4.79 Å². The van der Waals surface area contributed by atoms with Gasteiger partial charge in [-0.05, 0) is 20.3 Å². The van der Waals surface area contributed by atoms with Gasteiger partial charge in [0.2, 0.25) is 0 Å². The number of aromatic nitrogens is 2. The van der Waals surface area contributed by atoms with Crippen molar-refractivity contribution >= 4 is 11.8 Å². The van der Waals surface area contributed by atoms with Gasteiger partial charge in [-0.25, -0.2) is 9.97 Å². The van der Waals surface area contributed by atoms with Crippen LogP contribution in [-0.2, 0) is 4.79 Å². The van der Waals surface area contributed by atoms with E-state index >= 15 is 0 Å². The summed E-state index contributed by atoms with van der Waals surface area (Å²) in [7, 11) is 0. The van der Waals surface area contributed by atoms with E-state index in [1.165, 1.54) is 6.33 Å². The third kappa shape index (κ3) is 1.85. The molecule has 1 fully saturated rings. The van der Waals surface area contributed by atoms with Crippen molar-refractivity contribution in [3.8, 4) is 0 Å². The third-order valence-electron chi connectivity index (χ3n) is 3.15. The van der Waals surface area contributed by atoms with Gasteiger partial charge in [0.25, 0.3) is 0 Å². The molecular weight excluding hydrogens is 206 g/mol. The van der Waals surface area contributed by atoms with Gasteiger partial charge in [0, 0.05) is 24.3 Å². The van der Waals surface area contributed by atoms with E-state index in [1.807, 2.05) is 18.7 Å². The number of hydrogen-bond acceptors (Lipinski definition) is 4. The standard InChI is InChI=1S/C11H15N3O2/c1-7-8(2)12-6-13-10(7)14-4-3-9(5-14)11(15)16/h6,9H,3-5H2,1-2H3,(H,15,16)/t9-/m0/s1. The fourth-order valence-electron chi connectivity index (χ4n) is 2.00. The molecule has 0 aromatic carbocycles. The molecule has 0 radical (unpaired) electrons. The zero-order chi connectivity index (χ0) is 11.7. The molecule has 16 heavy (non-hydrogen) atoms. The zero-order valence-corrected chi connectivity index (χ0v) is 9.47. The second-order valence-corrected chi connectivity index (χ2v) is 4.18. The molecule has 0 aliphatic carbocycles. The van der Waals surface area contributed by atoms with Crippen molar-refractivity contribution in [2.24, 2.45) is 5.92 Å². The van der Waals surface area contributed by atoms with Gasteiger partial charge >= 0.3 is 5.97 Å². The van der Waals surface area contributed by atoms with Crippen molar-refractivity contribution in [2.75, 3.05) is 18.0 Å². The Bertz CT molecular complexity index is 420. The van der Waals surface area contributed by atoms with Gasteiger partial charge in [0.05, 0.1) is 5.92 Å². The Balaban J connectivity index is 2.21. The summed E-state index contributed by atoms with van der Waals surface area (Å²) in [5.41, 5.74) is 1.98. The van der Waals surface area contributed by atoms with Gasteiger partial charge in [0.15, 0.2) is 0 Å². The number of aliphatic carboxylic acids is 1. The molecule has 86 valence electrons. The Morgan fingerprint density at radius 2 is 2.25 bits per heavy atom. The van der Waals surface area contributed by atoms with E-state index in [0.29, 0.717) is 13.0 Å². The van der Waals surface area contributed by atoms with Gasteiger partial charge in [-0.1, -0.05) is 0 Å². The molecule has 1 aromatic heterocycles. The van der Waals surface area contributed by atoms with E-state index < -0.39 is 5.97 Å². The molecule has 1 aliphatic rings. The first kappa shape index (κ1) is 10.9. The number of aryl methyl sites for hydroxylation is 1. The normalized spacial score (nSPS) is 20.1. The summed E-state index contributed by atoms with van der Waals surface area (Å²) in [6, 6.07) is 0. The Morgan fingerprint density at radius 3 is 2.88 bits per heavy atom. The highest BCUT2D eigenvalue weighted by Crippen LogP contribution is 2.25. The smallest absolute Gasteiger partial charge is 0.308 e. The highest BCUT2D eigenvalue weighted by molar-refractivity contribution is 5.72. The highest BCUT2D eigenvalue weighted by atomic mass is 16.4. The Morgan fingerprint density at radius 1 is 1.50 bits per heavy atom. The van der Waals surface area contributed by atoms with Crippen LogP contribution in [0.5, 0.6) is 0 Å². The molecule has 0 spiro atoms. The molecule has 1 saturated heterocycles.